The fourth-order valence-corrected chi connectivity index (χ4v) is 6.17. The number of hydrogen-bond donors (Lipinski definition) is 2. The molecule has 3 N–H and O–H groups in total. The highest BCUT2D eigenvalue weighted by molar-refractivity contribution is 7.89. The molecule has 0 aliphatic heterocycles. The van der Waals surface area contributed by atoms with Crippen LogP contribution in [0.5, 0.6) is 0 Å². The highest BCUT2D eigenvalue weighted by Crippen LogP contribution is 2.32. The summed E-state index contributed by atoms with van der Waals surface area (Å²) in [5, 5.41) is 6.35. The van der Waals surface area contributed by atoms with E-state index in [-0.39, 0.29) is 35.4 Å². The van der Waals surface area contributed by atoms with Gasteiger partial charge in [0.1, 0.15) is 4.90 Å². The average molecular weight is 663 g/mol. The van der Waals surface area contributed by atoms with Gasteiger partial charge in [0.05, 0.1) is 18.1 Å². The van der Waals surface area contributed by atoms with Crippen molar-refractivity contribution in [3.05, 3.63) is 99.0 Å². The molecule has 0 aliphatic carbocycles. The minimum absolute atomic E-state index is 0.00227. The van der Waals surface area contributed by atoms with Gasteiger partial charge in [-0.2, -0.15) is 4.31 Å². The first-order valence-corrected chi connectivity index (χ1v) is 15.6. The van der Waals surface area contributed by atoms with E-state index in [1.807, 2.05) is 30.3 Å². The van der Waals surface area contributed by atoms with Gasteiger partial charge in [-0.1, -0.05) is 83.0 Å². The van der Waals surface area contributed by atoms with Crippen molar-refractivity contribution in [2.24, 2.45) is 10.9 Å². The van der Waals surface area contributed by atoms with Gasteiger partial charge < -0.3 is 20.8 Å². The fraction of sp³-hybridized carbons (Fsp3) is 0.267. The summed E-state index contributed by atoms with van der Waals surface area (Å²) in [5.74, 6) is -1.63. The van der Waals surface area contributed by atoms with Crippen LogP contribution in [0.3, 0.4) is 0 Å². The molecule has 0 aliphatic rings. The number of carbonyl (C=O) groups excluding carboxylic acids is 3. The molecular weight excluding hydrogens is 629 g/mol. The number of amides is 2. The van der Waals surface area contributed by atoms with Crippen molar-refractivity contribution in [1.82, 2.24) is 14.5 Å². The second kappa shape index (κ2) is 15.7. The van der Waals surface area contributed by atoms with Gasteiger partial charge in [0.15, 0.2) is 5.84 Å². The zero-order valence-electron chi connectivity index (χ0n) is 24.4. The number of nitrogens with one attached hydrogen (secondary N) is 1. The van der Waals surface area contributed by atoms with Crippen LogP contribution < -0.4 is 11.1 Å². The van der Waals surface area contributed by atoms with Crippen molar-refractivity contribution in [2.75, 3.05) is 26.7 Å². The van der Waals surface area contributed by atoms with E-state index in [2.05, 4.69) is 15.3 Å². The predicted octanol–water partition coefficient (Wildman–Crippen LogP) is 3.49. The molecule has 2 amide bonds. The minimum atomic E-state index is -4.20. The molecule has 0 aromatic heterocycles. The quantitative estimate of drug-likeness (QED) is 0.123. The molecule has 3 rings (SSSR count). The smallest absolute Gasteiger partial charge is 0.332 e. The van der Waals surface area contributed by atoms with Gasteiger partial charge in [-0.25, -0.2) is 13.2 Å². The SMILES string of the molecule is CC(=O)ON=C(N)c1ccc(CN(C)C(=O)CNC(=O)CN(CCc2ccccc2)S(=O)(=O)c2ccc(Cl)c(C)c2Cl)cc1. The standard InChI is InChI=1S/C30H33Cl2N5O6S/c1-20-25(31)13-14-26(29(20)32)44(41,42)37(16-15-22-7-5-4-6-8-22)19-27(39)34-17-28(40)36(3)18-23-9-11-24(12-10-23)30(33)35-43-21(2)38/h4-14H,15-19H2,1-3H3,(H2,33,35)(H,34,39). The average Bonchev–Trinajstić information content (AvgIpc) is 3.00. The Morgan fingerprint density at radius 2 is 1.64 bits per heavy atom. The number of carbonyl (C=O) groups is 3. The maximum atomic E-state index is 13.7. The third kappa shape index (κ3) is 9.52. The monoisotopic (exact) mass is 661 g/mol. The second-order valence-electron chi connectivity index (χ2n) is 9.84. The van der Waals surface area contributed by atoms with Crippen LogP contribution in [0.4, 0.5) is 0 Å². The molecule has 0 atom stereocenters. The van der Waals surface area contributed by atoms with Gasteiger partial charge in [-0.05, 0) is 42.2 Å². The predicted molar refractivity (Wildman–Crippen MR) is 169 cm³/mol. The van der Waals surface area contributed by atoms with Crippen molar-refractivity contribution in [3.63, 3.8) is 0 Å². The number of rotatable bonds is 13. The Morgan fingerprint density at radius 1 is 0.977 bits per heavy atom. The molecule has 0 heterocycles. The molecule has 44 heavy (non-hydrogen) atoms. The Labute approximate surface area is 266 Å². The Kier molecular flexibility index (Phi) is 12.3. The van der Waals surface area contributed by atoms with E-state index < -0.39 is 34.4 Å². The van der Waals surface area contributed by atoms with Crippen LogP contribution >= 0.6 is 23.2 Å². The summed E-state index contributed by atoms with van der Waals surface area (Å²) in [4.78, 5) is 42.4. The third-order valence-corrected chi connectivity index (χ3v) is 9.42. The van der Waals surface area contributed by atoms with E-state index in [4.69, 9.17) is 28.9 Å². The van der Waals surface area contributed by atoms with Gasteiger partial charge >= 0.3 is 5.97 Å². The topological polar surface area (TPSA) is 151 Å². The number of likely N-dealkylation sites (N-methyl/N-ethyl adjacent to an activating group) is 1. The molecule has 0 unspecified atom stereocenters. The maximum Gasteiger partial charge on any atom is 0.332 e. The molecule has 0 saturated carbocycles. The maximum absolute atomic E-state index is 13.7. The van der Waals surface area contributed by atoms with E-state index in [9.17, 15) is 22.8 Å². The Bertz CT molecular complexity index is 1630. The summed E-state index contributed by atoms with van der Waals surface area (Å²) >= 11 is 12.5. The van der Waals surface area contributed by atoms with Crippen LogP contribution in [0.15, 0.2) is 76.8 Å². The second-order valence-corrected chi connectivity index (χ2v) is 12.5. The molecule has 3 aromatic rings. The van der Waals surface area contributed by atoms with Crippen LogP contribution in [0.25, 0.3) is 0 Å². The number of nitrogens with two attached hydrogens (primary N) is 1. The number of hydrogen-bond acceptors (Lipinski definition) is 7. The summed E-state index contributed by atoms with van der Waals surface area (Å²) in [6, 6.07) is 18.8. The Hall–Kier alpha value is -3.97. The van der Waals surface area contributed by atoms with Crippen molar-refractivity contribution in [1.29, 1.82) is 0 Å². The zero-order chi connectivity index (χ0) is 32.4. The van der Waals surface area contributed by atoms with Crippen LogP contribution in [0, 0.1) is 6.92 Å². The van der Waals surface area contributed by atoms with Gasteiger partial charge in [0, 0.05) is 37.6 Å². The molecule has 0 bridgehead atoms. The normalized spacial score (nSPS) is 11.7. The Balaban J connectivity index is 1.65. The first-order chi connectivity index (χ1) is 20.8. The third-order valence-electron chi connectivity index (χ3n) is 6.52. The zero-order valence-corrected chi connectivity index (χ0v) is 26.7. The highest BCUT2D eigenvalue weighted by atomic mass is 35.5. The molecule has 0 radical (unpaired) electrons. The first-order valence-electron chi connectivity index (χ1n) is 13.4. The molecule has 0 fully saturated rings. The van der Waals surface area contributed by atoms with E-state index in [0.717, 1.165) is 15.4 Å². The van der Waals surface area contributed by atoms with Crippen molar-refractivity contribution < 1.29 is 27.6 Å². The lowest BCUT2D eigenvalue weighted by Gasteiger charge is -2.23. The number of halogens is 2. The summed E-state index contributed by atoms with van der Waals surface area (Å²) in [5.41, 5.74) is 8.37. The molecule has 14 heteroatoms. The van der Waals surface area contributed by atoms with Crippen molar-refractivity contribution in [2.45, 2.75) is 31.7 Å². The lowest BCUT2D eigenvalue weighted by atomic mass is 10.1. The summed E-state index contributed by atoms with van der Waals surface area (Å²) in [7, 11) is -2.64. The summed E-state index contributed by atoms with van der Waals surface area (Å²) < 4.78 is 28.4. The van der Waals surface area contributed by atoms with Crippen molar-refractivity contribution >= 4 is 56.8 Å². The number of benzene rings is 3. The summed E-state index contributed by atoms with van der Waals surface area (Å²) in [6.45, 7) is 2.17. The van der Waals surface area contributed by atoms with Gasteiger partial charge in [-0.3, -0.25) is 9.59 Å². The minimum Gasteiger partial charge on any atom is -0.380 e. The number of oxime groups is 1. The van der Waals surface area contributed by atoms with Crippen LogP contribution in [-0.4, -0.2) is 67.9 Å². The van der Waals surface area contributed by atoms with Crippen LogP contribution in [0.1, 0.15) is 29.2 Å². The van der Waals surface area contributed by atoms with E-state index in [1.165, 1.54) is 24.0 Å². The molecule has 0 saturated heterocycles. The molecule has 11 nitrogen and oxygen atoms in total. The largest absolute Gasteiger partial charge is 0.380 e. The van der Waals surface area contributed by atoms with Crippen LogP contribution in [-0.2, 0) is 42.2 Å². The molecule has 234 valence electrons. The van der Waals surface area contributed by atoms with Crippen molar-refractivity contribution in [3.8, 4) is 0 Å². The number of nitrogens with zero attached hydrogens (tertiary/aromatic N) is 3. The molecule has 0 spiro atoms. The van der Waals surface area contributed by atoms with Crippen LogP contribution in [0.2, 0.25) is 10.0 Å². The lowest BCUT2D eigenvalue weighted by Crippen LogP contribution is -2.44. The highest BCUT2D eigenvalue weighted by Gasteiger charge is 2.30. The first kappa shape index (κ1) is 34.5. The molecule has 3 aromatic carbocycles. The summed E-state index contributed by atoms with van der Waals surface area (Å²) in [6.07, 6.45) is 0.346. The number of sulfonamides is 1. The van der Waals surface area contributed by atoms with E-state index in [1.54, 1.807) is 38.2 Å². The van der Waals surface area contributed by atoms with E-state index in [0.29, 0.717) is 22.6 Å². The number of amidine groups is 1. The van der Waals surface area contributed by atoms with Gasteiger partial charge in [0.25, 0.3) is 0 Å². The van der Waals surface area contributed by atoms with Gasteiger partial charge in [0.2, 0.25) is 21.8 Å². The molecular formula is C30H33Cl2N5O6S. The van der Waals surface area contributed by atoms with Gasteiger partial charge in [-0.15, -0.1) is 0 Å². The fourth-order valence-electron chi connectivity index (χ4n) is 3.99. The van der Waals surface area contributed by atoms with E-state index >= 15 is 0 Å². The lowest BCUT2D eigenvalue weighted by molar-refractivity contribution is -0.141. The Morgan fingerprint density at radius 3 is 2.27 bits per heavy atom.